The van der Waals surface area contributed by atoms with Crippen molar-refractivity contribution < 1.29 is 9.32 Å². The Balaban J connectivity index is 0.00000289. The highest BCUT2D eigenvalue weighted by Crippen LogP contribution is 2.17. The van der Waals surface area contributed by atoms with Gasteiger partial charge in [0.05, 0.1) is 11.7 Å². The van der Waals surface area contributed by atoms with Gasteiger partial charge >= 0.3 is 0 Å². The van der Waals surface area contributed by atoms with Gasteiger partial charge in [0, 0.05) is 12.1 Å². The van der Waals surface area contributed by atoms with Gasteiger partial charge in [0.2, 0.25) is 5.91 Å². The van der Waals surface area contributed by atoms with Crippen molar-refractivity contribution in [3.8, 4) is 0 Å². The van der Waals surface area contributed by atoms with Gasteiger partial charge in [0.1, 0.15) is 5.76 Å². The van der Waals surface area contributed by atoms with Gasteiger partial charge < -0.3 is 15.6 Å². The molecule has 1 aromatic heterocycles. The maximum absolute atomic E-state index is 11.8. The van der Waals surface area contributed by atoms with Crippen molar-refractivity contribution in [2.45, 2.75) is 47.2 Å². The second-order valence-corrected chi connectivity index (χ2v) is 5.36. The first kappa shape index (κ1) is 16.9. The molecule has 18 heavy (non-hydrogen) atoms. The molecule has 0 aromatic carbocycles. The molecule has 0 aliphatic carbocycles. The first-order valence-electron chi connectivity index (χ1n) is 5.68. The lowest BCUT2D eigenvalue weighted by molar-refractivity contribution is -0.124. The third-order valence-corrected chi connectivity index (χ3v) is 2.84. The molecule has 0 saturated carbocycles. The zero-order chi connectivity index (χ0) is 13.2. The molecule has 0 fully saturated rings. The highest BCUT2D eigenvalue weighted by Gasteiger charge is 2.27. The Morgan fingerprint density at radius 2 is 2.00 bits per heavy atom. The molecule has 0 unspecified atom stereocenters. The lowest BCUT2D eigenvalue weighted by Gasteiger charge is -2.25. The first-order chi connectivity index (χ1) is 7.73. The molecule has 0 saturated heterocycles. The Kier molecular flexibility index (Phi) is 5.83. The number of amides is 1. The quantitative estimate of drug-likeness (QED) is 0.880. The third-order valence-electron chi connectivity index (χ3n) is 2.84. The van der Waals surface area contributed by atoms with Crippen molar-refractivity contribution in [1.82, 2.24) is 10.5 Å². The van der Waals surface area contributed by atoms with Gasteiger partial charge in [-0.25, -0.2) is 0 Å². The lowest BCUT2D eigenvalue weighted by Crippen LogP contribution is -2.48. The number of halogens is 1. The van der Waals surface area contributed by atoms with Crippen LogP contribution in [0.3, 0.4) is 0 Å². The molecule has 1 atom stereocenters. The number of nitrogens with zero attached hydrogens (tertiary/aromatic N) is 1. The summed E-state index contributed by atoms with van der Waals surface area (Å²) in [4.78, 5) is 11.8. The fourth-order valence-electron chi connectivity index (χ4n) is 1.43. The largest absolute Gasteiger partial charge is 0.361 e. The van der Waals surface area contributed by atoms with E-state index in [-0.39, 0.29) is 23.7 Å². The van der Waals surface area contributed by atoms with Gasteiger partial charge in [-0.05, 0) is 19.3 Å². The normalized spacial score (nSPS) is 12.8. The number of nitrogens with two attached hydrogens (primary N) is 1. The monoisotopic (exact) mass is 275 g/mol. The van der Waals surface area contributed by atoms with Crippen molar-refractivity contribution in [3.63, 3.8) is 0 Å². The Hall–Kier alpha value is -1.07. The second-order valence-electron chi connectivity index (χ2n) is 5.36. The van der Waals surface area contributed by atoms with Crippen molar-refractivity contribution in [1.29, 1.82) is 0 Å². The van der Waals surface area contributed by atoms with Crippen LogP contribution in [0.1, 0.15) is 37.8 Å². The lowest BCUT2D eigenvalue weighted by atomic mass is 9.87. The summed E-state index contributed by atoms with van der Waals surface area (Å²) in [5.41, 5.74) is 7.33. The SMILES string of the molecule is Cc1noc(C)c1CNC(=O)[C@@H](N)C(C)(C)C.Cl. The van der Waals surface area contributed by atoms with Gasteiger partial charge in [-0.15, -0.1) is 12.4 Å². The fourth-order valence-corrected chi connectivity index (χ4v) is 1.43. The number of aryl methyl sites for hydroxylation is 2. The highest BCUT2D eigenvalue weighted by molar-refractivity contribution is 5.85. The van der Waals surface area contributed by atoms with Crippen LogP contribution in [0.2, 0.25) is 0 Å². The summed E-state index contributed by atoms with van der Waals surface area (Å²) in [5, 5.41) is 6.64. The molecule has 0 spiro atoms. The highest BCUT2D eigenvalue weighted by atomic mass is 35.5. The van der Waals surface area contributed by atoms with Crippen LogP contribution in [0.15, 0.2) is 4.52 Å². The number of nitrogens with one attached hydrogen (secondary N) is 1. The number of rotatable bonds is 3. The van der Waals surface area contributed by atoms with E-state index >= 15 is 0 Å². The Morgan fingerprint density at radius 3 is 2.39 bits per heavy atom. The molecule has 104 valence electrons. The van der Waals surface area contributed by atoms with E-state index in [1.54, 1.807) is 0 Å². The van der Waals surface area contributed by atoms with Crippen LogP contribution in [0, 0.1) is 19.3 Å². The summed E-state index contributed by atoms with van der Waals surface area (Å²) >= 11 is 0. The average Bonchev–Trinajstić information content (AvgIpc) is 2.53. The van der Waals surface area contributed by atoms with E-state index in [9.17, 15) is 4.79 Å². The van der Waals surface area contributed by atoms with Crippen LogP contribution in [-0.4, -0.2) is 17.1 Å². The average molecular weight is 276 g/mol. The minimum atomic E-state index is -0.525. The van der Waals surface area contributed by atoms with Gasteiger partial charge in [-0.1, -0.05) is 25.9 Å². The Morgan fingerprint density at radius 1 is 1.44 bits per heavy atom. The molecule has 3 N–H and O–H groups in total. The molecular formula is C12H22ClN3O2. The number of carbonyl (C=O) groups excluding carboxylic acids is 1. The Bertz CT molecular complexity index is 390. The number of aromatic nitrogens is 1. The van der Waals surface area contributed by atoms with E-state index in [0.717, 1.165) is 17.0 Å². The van der Waals surface area contributed by atoms with Gasteiger partial charge in [0.15, 0.2) is 0 Å². The summed E-state index contributed by atoms with van der Waals surface area (Å²) in [7, 11) is 0. The minimum Gasteiger partial charge on any atom is -0.361 e. The maximum atomic E-state index is 11.8. The van der Waals surface area contributed by atoms with Crippen LogP contribution >= 0.6 is 12.4 Å². The van der Waals surface area contributed by atoms with Crippen molar-refractivity contribution >= 4 is 18.3 Å². The Labute approximate surface area is 114 Å². The molecular weight excluding hydrogens is 254 g/mol. The van der Waals surface area contributed by atoms with E-state index in [4.69, 9.17) is 10.3 Å². The topological polar surface area (TPSA) is 81.2 Å². The minimum absolute atomic E-state index is 0. The predicted molar refractivity (Wildman–Crippen MR) is 72.5 cm³/mol. The molecule has 0 bridgehead atoms. The van der Waals surface area contributed by atoms with E-state index in [0.29, 0.717) is 6.54 Å². The summed E-state index contributed by atoms with van der Waals surface area (Å²) in [6.45, 7) is 9.89. The van der Waals surface area contributed by atoms with Gasteiger partial charge in [-0.3, -0.25) is 4.79 Å². The van der Waals surface area contributed by atoms with Crippen LogP contribution in [0.25, 0.3) is 0 Å². The van der Waals surface area contributed by atoms with Crippen LogP contribution in [-0.2, 0) is 11.3 Å². The summed E-state index contributed by atoms with van der Waals surface area (Å²) in [6, 6.07) is -0.525. The molecule has 0 aliphatic rings. The zero-order valence-corrected chi connectivity index (χ0v) is 12.4. The standard InChI is InChI=1S/C12H21N3O2.ClH/c1-7-9(8(2)17-15-7)6-14-11(16)10(13)12(3,4)5;/h10H,6,13H2,1-5H3,(H,14,16);1H/t10-;/m1./s1. The smallest absolute Gasteiger partial charge is 0.237 e. The summed E-state index contributed by atoms with van der Waals surface area (Å²) < 4.78 is 5.02. The number of hydrogen-bond acceptors (Lipinski definition) is 4. The number of carbonyl (C=O) groups is 1. The summed E-state index contributed by atoms with van der Waals surface area (Å²) in [6.07, 6.45) is 0. The van der Waals surface area contributed by atoms with Crippen LogP contribution in [0.4, 0.5) is 0 Å². The molecule has 6 heteroatoms. The fraction of sp³-hybridized carbons (Fsp3) is 0.667. The van der Waals surface area contributed by atoms with Gasteiger partial charge in [0.25, 0.3) is 0 Å². The molecule has 0 radical (unpaired) electrons. The third kappa shape index (κ3) is 3.99. The van der Waals surface area contributed by atoms with Crippen LogP contribution in [0.5, 0.6) is 0 Å². The van der Waals surface area contributed by atoms with E-state index < -0.39 is 6.04 Å². The maximum Gasteiger partial charge on any atom is 0.237 e. The van der Waals surface area contributed by atoms with Crippen molar-refractivity contribution in [3.05, 3.63) is 17.0 Å². The predicted octanol–water partition coefficient (Wildman–Crippen LogP) is 1.70. The molecule has 1 heterocycles. The molecule has 1 aromatic rings. The first-order valence-corrected chi connectivity index (χ1v) is 5.68. The second kappa shape index (κ2) is 6.20. The van der Waals surface area contributed by atoms with Crippen LogP contribution < -0.4 is 11.1 Å². The zero-order valence-electron chi connectivity index (χ0n) is 11.5. The van der Waals surface area contributed by atoms with E-state index in [1.807, 2.05) is 34.6 Å². The molecule has 1 amide bonds. The molecule has 1 rings (SSSR count). The van der Waals surface area contributed by atoms with Gasteiger partial charge in [-0.2, -0.15) is 0 Å². The summed E-state index contributed by atoms with van der Waals surface area (Å²) in [5.74, 6) is 0.574. The van der Waals surface area contributed by atoms with E-state index in [2.05, 4.69) is 10.5 Å². The van der Waals surface area contributed by atoms with Crippen molar-refractivity contribution in [2.75, 3.05) is 0 Å². The number of hydrogen-bond donors (Lipinski definition) is 2. The molecule has 5 nitrogen and oxygen atoms in total. The van der Waals surface area contributed by atoms with Crippen molar-refractivity contribution in [2.24, 2.45) is 11.1 Å². The molecule has 0 aliphatic heterocycles. The van der Waals surface area contributed by atoms with E-state index in [1.165, 1.54) is 0 Å².